The molecule has 0 aliphatic carbocycles. The molecule has 0 radical (unpaired) electrons. The quantitative estimate of drug-likeness (QED) is 0.127. The summed E-state index contributed by atoms with van der Waals surface area (Å²) in [7, 11) is 1.64. The van der Waals surface area contributed by atoms with Crippen molar-refractivity contribution in [3.05, 3.63) is 93.0 Å². The zero-order chi connectivity index (χ0) is 35.6. The first-order chi connectivity index (χ1) is 24.2. The van der Waals surface area contributed by atoms with Crippen LogP contribution >= 0.6 is 39.3 Å². The van der Waals surface area contributed by atoms with Gasteiger partial charge in [0.15, 0.2) is 0 Å². The van der Waals surface area contributed by atoms with Gasteiger partial charge in [0.05, 0.1) is 11.1 Å². The van der Waals surface area contributed by atoms with Gasteiger partial charge in [0.25, 0.3) is 0 Å². The highest BCUT2D eigenvalue weighted by atomic mass is 79.9. The minimum absolute atomic E-state index is 0.193. The van der Waals surface area contributed by atoms with Crippen LogP contribution in [0.1, 0.15) is 48.8 Å². The van der Waals surface area contributed by atoms with Gasteiger partial charge < -0.3 is 37.3 Å². The summed E-state index contributed by atoms with van der Waals surface area (Å²) >= 11 is 12.0. The number of hydrogen-bond donors (Lipinski definition) is 6. The maximum Gasteiger partial charge on any atom is 0.245 e. The summed E-state index contributed by atoms with van der Waals surface area (Å²) in [6.45, 7) is 1.49. The lowest BCUT2D eigenvalue weighted by molar-refractivity contribution is -0.142. The third-order valence-corrected chi connectivity index (χ3v) is 11.8. The molecule has 8 N–H and O–H groups in total. The zero-order valence-corrected chi connectivity index (χ0v) is 31.3. The minimum Gasteiger partial charge on any atom is -0.361 e. The van der Waals surface area contributed by atoms with E-state index in [9.17, 15) is 14.4 Å². The molecular weight excluding hydrogens is 738 g/mol. The van der Waals surface area contributed by atoms with Crippen LogP contribution in [-0.4, -0.2) is 65.9 Å². The molecule has 1 aliphatic rings. The van der Waals surface area contributed by atoms with E-state index in [0.29, 0.717) is 56.8 Å². The fourth-order valence-corrected chi connectivity index (χ4v) is 8.07. The number of carbonyl (C=O) groups excluding carboxylic acids is 3. The molecule has 0 saturated heterocycles. The maximum absolute atomic E-state index is 14.4. The minimum atomic E-state index is -0.875. The number of aromatic amines is 1. The summed E-state index contributed by atoms with van der Waals surface area (Å²) in [6.07, 6.45) is 4.98. The lowest BCUT2D eigenvalue weighted by Crippen LogP contribution is -2.57. The van der Waals surface area contributed by atoms with Crippen LogP contribution < -0.4 is 27.4 Å². The van der Waals surface area contributed by atoms with Gasteiger partial charge >= 0.3 is 0 Å². The van der Waals surface area contributed by atoms with Crippen LogP contribution in [-0.2, 0) is 33.9 Å². The van der Waals surface area contributed by atoms with E-state index in [0.717, 1.165) is 41.9 Å². The van der Waals surface area contributed by atoms with Crippen LogP contribution in [0.4, 0.5) is 0 Å². The Morgan fingerprint density at radius 1 is 0.880 bits per heavy atom. The number of nitrogens with two attached hydrogens (primary N) is 2. The monoisotopic (exact) mass is 781 g/mol. The van der Waals surface area contributed by atoms with E-state index in [1.165, 1.54) is 16.7 Å². The predicted molar refractivity (Wildman–Crippen MR) is 204 cm³/mol. The van der Waals surface area contributed by atoms with Gasteiger partial charge in [-0.15, -0.1) is 0 Å². The summed E-state index contributed by atoms with van der Waals surface area (Å²) < 4.78 is 0.736. The second kappa shape index (κ2) is 18.2. The van der Waals surface area contributed by atoms with Crippen molar-refractivity contribution in [1.82, 2.24) is 25.8 Å². The number of fused-ring (bicyclic) bond motifs is 3. The van der Waals surface area contributed by atoms with Crippen molar-refractivity contribution in [3.63, 3.8) is 0 Å². The topological polar surface area (TPSA) is 158 Å². The Morgan fingerprint density at radius 3 is 2.42 bits per heavy atom. The first kappa shape index (κ1) is 37.9. The Hall–Kier alpha value is -3.39. The third kappa shape index (κ3) is 9.28. The highest BCUT2D eigenvalue weighted by Crippen LogP contribution is 2.41. The van der Waals surface area contributed by atoms with Gasteiger partial charge in [-0.25, -0.2) is 0 Å². The van der Waals surface area contributed by atoms with E-state index in [-0.39, 0.29) is 30.7 Å². The van der Waals surface area contributed by atoms with E-state index in [1.807, 2.05) is 66.9 Å². The molecule has 2 heterocycles. The van der Waals surface area contributed by atoms with Crippen LogP contribution in [0.3, 0.4) is 0 Å². The zero-order valence-electron chi connectivity index (χ0n) is 28.1. The number of likely N-dealkylation sites (N-methyl/N-ethyl adjacent to an activating group) is 1. The third-order valence-electron chi connectivity index (χ3n) is 9.09. The molecule has 0 bridgehead atoms. The van der Waals surface area contributed by atoms with Gasteiger partial charge in [-0.1, -0.05) is 65.8 Å². The lowest BCUT2D eigenvalue weighted by atomic mass is 10.0. The van der Waals surface area contributed by atoms with Crippen molar-refractivity contribution in [2.75, 3.05) is 20.1 Å². The summed E-state index contributed by atoms with van der Waals surface area (Å²) in [5, 5.41) is 11.1. The fourth-order valence-electron chi connectivity index (χ4n) is 6.20. The number of H-pyrrole nitrogens is 1. The molecule has 4 aromatic rings. The Morgan fingerprint density at radius 2 is 1.62 bits per heavy atom. The van der Waals surface area contributed by atoms with Crippen LogP contribution in [0.15, 0.2) is 81.1 Å². The van der Waals surface area contributed by atoms with Gasteiger partial charge in [-0.3, -0.25) is 14.4 Å². The smallest absolute Gasteiger partial charge is 0.245 e. The molecule has 0 saturated carbocycles. The molecule has 13 heteroatoms. The molecule has 10 nitrogen and oxygen atoms in total. The second-order valence-electron chi connectivity index (χ2n) is 12.5. The molecule has 0 unspecified atom stereocenters. The maximum atomic E-state index is 14.4. The number of para-hydroxylation sites is 1. The summed E-state index contributed by atoms with van der Waals surface area (Å²) in [5.74, 6) is -0.951. The number of benzene rings is 3. The summed E-state index contributed by atoms with van der Waals surface area (Å²) in [5.41, 5.74) is 15.3. The normalized spacial score (nSPS) is 19.4. The molecule has 266 valence electrons. The van der Waals surface area contributed by atoms with Gasteiger partial charge in [-0.2, -0.15) is 0 Å². The van der Waals surface area contributed by atoms with Crippen LogP contribution in [0.2, 0.25) is 5.02 Å². The molecule has 5 rings (SSSR count). The largest absolute Gasteiger partial charge is 0.361 e. The molecule has 1 aliphatic heterocycles. The first-order valence-corrected chi connectivity index (χ1v) is 19.0. The van der Waals surface area contributed by atoms with Crippen molar-refractivity contribution in [2.45, 2.75) is 79.5 Å². The van der Waals surface area contributed by atoms with E-state index in [4.69, 9.17) is 23.1 Å². The average molecular weight is 783 g/mol. The van der Waals surface area contributed by atoms with E-state index < -0.39 is 18.1 Å². The number of nitrogens with zero attached hydrogens (tertiary/aromatic N) is 1. The van der Waals surface area contributed by atoms with Gasteiger partial charge in [0.1, 0.15) is 12.1 Å². The Balaban J connectivity index is 1.57. The fraction of sp³-hybridized carbons (Fsp3) is 0.378. The number of carbonyl (C=O) groups is 3. The summed E-state index contributed by atoms with van der Waals surface area (Å²) in [4.78, 5) is 49.1. The number of amides is 3. The number of hydrogen-bond acceptors (Lipinski definition) is 7. The molecule has 3 atom stereocenters. The van der Waals surface area contributed by atoms with Gasteiger partial charge in [0, 0.05) is 57.9 Å². The number of halogens is 2. The predicted octanol–water partition coefficient (Wildman–Crippen LogP) is 5.25. The molecule has 3 amide bonds. The SMILES string of the molecule is CN1C(=O)[C@H](CCCCN)NC(=O)[C@H](CCCN)NCc2ccccc2Sc2c(ccc(Br)c2Cl)CNC(=O)[C@@H]1Cc1c[nH]c2ccccc12. The number of rotatable bonds is 9. The molecule has 0 fully saturated rings. The molecule has 1 aromatic heterocycles. The van der Waals surface area contributed by atoms with Crippen molar-refractivity contribution >= 4 is 67.9 Å². The highest BCUT2D eigenvalue weighted by Gasteiger charge is 2.34. The van der Waals surface area contributed by atoms with E-state index in [2.05, 4.69) is 36.9 Å². The molecule has 50 heavy (non-hydrogen) atoms. The molecular formula is C37H45BrClN7O3S. The van der Waals surface area contributed by atoms with Crippen LogP contribution in [0, 0.1) is 0 Å². The molecule has 0 spiro atoms. The van der Waals surface area contributed by atoms with Gasteiger partial charge in [0.2, 0.25) is 17.7 Å². The van der Waals surface area contributed by atoms with Crippen molar-refractivity contribution in [2.24, 2.45) is 11.5 Å². The Kier molecular flexibility index (Phi) is 13.8. The van der Waals surface area contributed by atoms with Crippen LogP contribution in [0.25, 0.3) is 10.9 Å². The molecule has 3 aromatic carbocycles. The van der Waals surface area contributed by atoms with Crippen molar-refractivity contribution in [1.29, 1.82) is 0 Å². The number of unbranched alkanes of at least 4 members (excludes halogenated alkanes) is 1. The lowest BCUT2D eigenvalue weighted by Gasteiger charge is -2.32. The van der Waals surface area contributed by atoms with Crippen molar-refractivity contribution < 1.29 is 14.4 Å². The van der Waals surface area contributed by atoms with Crippen LogP contribution in [0.5, 0.6) is 0 Å². The first-order valence-electron chi connectivity index (χ1n) is 17.0. The number of nitrogens with one attached hydrogen (secondary N) is 4. The highest BCUT2D eigenvalue weighted by molar-refractivity contribution is 9.10. The standard InChI is InChI=1S/C37H45BrClN7O3S/c1-46-31(19-25-22-42-28-11-4-3-10-26(25)28)36(48)44-21-24-15-16-27(38)33(39)34(24)50-32-14-5-2-9-23(32)20-43-29(13-8-18-41)35(47)45-30(37(46)49)12-6-7-17-40/h2-5,9-11,14-16,22,29-31,42-43H,6-8,12-13,17-21,40-41H2,1H3,(H,44,48)(H,45,47)/t29-,30-,31-/m0/s1. The van der Waals surface area contributed by atoms with Crippen molar-refractivity contribution in [3.8, 4) is 0 Å². The summed E-state index contributed by atoms with van der Waals surface area (Å²) in [6, 6.07) is 17.3. The average Bonchev–Trinajstić information content (AvgIpc) is 3.54. The van der Waals surface area contributed by atoms with E-state index in [1.54, 1.807) is 7.05 Å². The van der Waals surface area contributed by atoms with Gasteiger partial charge in [-0.05, 0) is 96.0 Å². The number of aromatic nitrogens is 1. The Labute approximate surface area is 311 Å². The van der Waals surface area contributed by atoms with E-state index >= 15 is 0 Å². The second-order valence-corrected chi connectivity index (χ2v) is 14.8. The Bertz CT molecular complexity index is 1800.